The Hall–Kier alpha value is -3.00. The van der Waals surface area contributed by atoms with Gasteiger partial charge in [0.1, 0.15) is 17.0 Å². The Morgan fingerprint density at radius 1 is 1.03 bits per heavy atom. The number of hydrogen-bond donors (Lipinski definition) is 1. The van der Waals surface area contributed by atoms with Crippen molar-refractivity contribution in [2.75, 3.05) is 50.3 Å². The van der Waals surface area contributed by atoms with Crippen LogP contribution < -0.4 is 10.6 Å². The first-order valence-electron chi connectivity index (χ1n) is 12.8. The lowest BCUT2D eigenvalue weighted by molar-refractivity contribution is 0.223. The van der Waals surface area contributed by atoms with Gasteiger partial charge in [-0.05, 0) is 80.6 Å². The smallest absolute Gasteiger partial charge is 0.247 e. The van der Waals surface area contributed by atoms with E-state index in [2.05, 4.69) is 33.5 Å². The van der Waals surface area contributed by atoms with Crippen LogP contribution in [0.15, 0.2) is 66.9 Å². The maximum absolute atomic E-state index is 12.4. The van der Waals surface area contributed by atoms with Gasteiger partial charge < -0.3 is 14.8 Å². The summed E-state index contributed by atoms with van der Waals surface area (Å²) >= 11 is 0. The summed E-state index contributed by atoms with van der Waals surface area (Å²) in [5, 5.41) is 8.86. The molecule has 2 aromatic carbocycles. The zero-order valence-electron chi connectivity index (χ0n) is 22.0. The van der Waals surface area contributed by atoms with Gasteiger partial charge in [-0.3, -0.25) is 0 Å². The van der Waals surface area contributed by atoms with E-state index in [4.69, 9.17) is 4.98 Å². The first kappa shape index (κ1) is 26.6. The molecule has 8 nitrogen and oxygen atoms in total. The molecular formula is C28H34N5O3PS. The van der Waals surface area contributed by atoms with Gasteiger partial charge in [-0.15, -0.1) is 5.10 Å². The third-order valence-corrected chi connectivity index (χ3v) is 9.61. The molecule has 0 aliphatic carbocycles. The van der Waals surface area contributed by atoms with E-state index in [0.29, 0.717) is 18.4 Å². The number of nitrogens with one attached hydrogen (secondary N) is 1. The zero-order chi connectivity index (χ0) is 26.9. The minimum atomic E-state index is -2.93. The minimum Gasteiger partial charge on any atom is -0.323 e. The van der Waals surface area contributed by atoms with Crippen molar-refractivity contribution < 1.29 is 13.0 Å². The summed E-state index contributed by atoms with van der Waals surface area (Å²) in [5.41, 5.74) is 4.91. The van der Waals surface area contributed by atoms with E-state index >= 15 is 0 Å². The minimum absolute atomic E-state index is 0.218. The molecule has 5 rings (SSSR count). The molecule has 1 saturated heterocycles. The van der Waals surface area contributed by atoms with Crippen molar-refractivity contribution in [3.05, 3.63) is 72.4 Å². The lowest BCUT2D eigenvalue weighted by Gasteiger charge is -2.32. The van der Waals surface area contributed by atoms with E-state index in [-0.39, 0.29) is 5.75 Å². The first-order chi connectivity index (χ1) is 18.0. The van der Waals surface area contributed by atoms with Crippen LogP contribution in [0.25, 0.3) is 16.8 Å². The van der Waals surface area contributed by atoms with Crippen LogP contribution in [0.5, 0.6) is 0 Å². The average molecular weight is 552 g/mol. The Morgan fingerprint density at radius 2 is 1.76 bits per heavy atom. The molecule has 2 aromatic heterocycles. The normalized spacial score (nSPS) is 15.7. The van der Waals surface area contributed by atoms with E-state index in [0.717, 1.165) is 53.7 Å². The number of nitrogens with zero attached hydrogens (tertiary/aromatic N) is 4. The molecule has 38 heavy (non-hydrogen) atoms. The Kier molecular flexibility index (Phi) is 7.45. The molecule has 10 heteroatoms. The third kappa shape index (κ3) is 6.34. The molecule has 0 unspecified atom stereocenters. The Bertz CT molecular complexity index is 1590. The predicted molar refractivity (Wildman–Crippen MR) is 155 cm³/mol. The average Bonchev–Trinajstić information content (AvgIpc) is 3.29. The molecule has 4 aromatic rings. The number of sulfone groups is 1. The predicted octanol–water partition coefficient (Wildman–Crippen LogP) is 4.61. The molecule has 1 N–H and O–H groups in total. The number of pyridine rings is 1. The second kappa shape index (κ2) is 10.6. The zero-order valence-corrected chi connectivity index (χ0v) is 23.8. The molecule has 3 heterocycles. The van der Waals surface area contributed by atoms with Crippen LogP contribution in [0.1, 0.15) is 24.3 Å². The summed E-state index contributed by atoms with van der Waals surface area (Å²) < 4.78 is 37.1. The Morgan fingerprint density at radius 3 is 2.45 bits per heavy atom. The van der Waals surface area contributed by atoms with Crippen molar-refractivity contribution in [1.29, 1.82) is 0 Å². The molecule has 0 saturated carbocycles. The van der Waals surface area contributed by atoms with E-state index in [9.17, 15) is 13.0 Å². The van der Waals surface area contributed by atoms with E-state index in [1.54, 1.807) is 17.8 Å². The van der Waals surface area contributed by atoms with Crippen molar-refractivity contribution in [1.82, 2.24) is 19.5 Å². The third-order valence-electron chi connectivity index (χ3n) is 7.14. The number of fused-ring (bicyclic) bond motifs is 1. The fourth-order valence-electron chi connectivity index (χ4n) is 4.97. The fourth-order valence-corrected chi connectivity index (χ4v) is 6.43. The summed E-state index contributed by atoms with van der Waals surface area (Å²) in [6, 6.07) is 20.2. The Balaban J connectivity index is 1.30. The molecule has 0 atom stereocenters. The molecule has 0 radical (unpaired) electrons. The van der Waals surface area contributed by atoms with Crippen LogP contribution in [-0.2, 0) is 14.4 Å². The van der Waals surface area contributed by atoms with Crippen LogP contribution in [0.4, 0.5) is 11.6 Å². The van der Waals surface area contributed by atoms with Crippen molar-refractivity contribution in [3.8, 4) is 11.1 Å². The quantitative estimate of drug-likeness (QED) is 0.320. The lowest BCUT2D eigenvalue weighted by atomic mass is 9.89. The molecule has 1 aliphatic heterocycles. The van der Waals surface area contributed by atoms with Crippen molar-refractivity contribution >= 4 is 39.6 Å². The lowest BCUT2D eigenvalue weighted by Crippen LogP contribution is -2.36. The maximum Gasteiger partial charge on any atom is 0.247 e. The maximum atomic E-state index is 12.4. The van der Waals surface area contributed by atoms with Crippen molar-refractivity contribution in [3.63, 3.8) is 0 Å². The van der Waals surface area contributed by atoms with Crippen molar-refractivity contribution in [2.24, 2.45) is 0 Å². The largest absolute Gasteiger partial charge is 0.323 e. The molecular weight excluding hydrogens is 517 g/mol. The van der Waals surface area contributed by atoms with E-state index in [1.165, 1.54) is 11.8 Å². The summed E-state index contributed by atoms with van der Waals surface area (Å²) in [6.45, 7) is 5.97. The van der Waals surface area contributed by atoms with Gasteiger partial charge in [0, 0.05) is 35.6 Å². The van der Waals surface area contributed by atoms with Crippen LogP contribution in [0, 0.1) is 0 Å². The summed E-state index contributed by atoms with van der Waals surface area (Å²) in [4.78, 5) is 7.02. The van der Waals surface area contributed by atoms with Gasteiger partial charge in [0.05, 0.1) is 5.75 Å². The summed E-state index contributed by atoms with van der Waals surface area (Å²) in [5.74, 6) is 1.18. The SMILES string of the molecule is CP(C)(=O)c1ccc(-c2cccn3nc(Nc4cccc(C5CCN(CCS(C)(=O)=O)CC5)c4)nc23)cc1. The van der Waals surface area contributed by atoms with Gasteiger partial charge >= 0.3 is 0 Å². The van der Waals surface area contributed by atoms with Crippen molar-refractivity contribution in [2.45, 2.75) is 18.8 Å². The van der Waals surface area contributed by atoms with Crippen LogP contribution in [-0.4, -0.2) is 72.9 Å². The molecule has 0 spiro atoms. The highest BCUT2D eigenvalue weighted by atomic mass is 32.2. The van der Waals surface area contributed by atoms with Gasteiger partial charge in [0.15, 0.2) is 5.65 Å². The molecule has 1 aliphatic rings. The van der Waals surface area contributed by atoms with Gasteiger partial charge in [-0.2, -0.15) is 4.98 Å². The van der Waals surface area contributed by atoms with Gasteiger partial charge in [-0.25, -0.2) is 12.9 Å². The highest BCUT2D eigenvalue weighted by Gasteiger charge is 2.22. The van der Waals surface area contributed by atoms with Gasteiger partial charge in [0.2, 0.25) is 5.95 Å². The van der Waals surface area contributed by atoms with Crippen LogP contribution in [0.3, 0.4) is 0 Å². The molecule has 0 amide bonds. The van der Waals surface area contributed by atoms with Gasteiger partial charge in [0.25, 0.3) is 0 Å². The number of anilines is 2. The van der Waals surface area contributed by atoms with E-state index < -0.39 is 17.0 Å². The molecule has 1 fully saturated rings. The Labute approximate surface area is 224 Å². The van der Waals surface area contributed by atoms with Crippen LogP contribution in [0.2, 0.25) is 0 Å². The summed E-state index contributed by atoms with van der Waals surface area (Å²) in [7, 11) is -5.24. The van der Waals surface area contributed by atoms with Gasteiger partial charge in [-0.1, -0.05) is 36.4 Å². The van der Waals surface area contributed by atoms with E-state index in [1.807, 2.05) is 48.7 Å². The van der Waals surface area contributed by atoms with Crippen LogP contribution >= 0.6 is 7.14 Å². The molecule has 200 valence electrons. The number of benzene rings is 2. The summed E-state index contributed by atoms with van der Waals surface area (Å²) in [6.07, 6.45) is 5.19. The number of likely N-dealkylation sites (tertiary alicyclic amines) is 1. The number of rotatable bonds is 8. The second-order valence-electron chi connectivity index (χ2n) is 10.5. The highest BCUT2D eigenvalue weighted by Crippen LogP contribution is 2.35. The topological polar surface area (TPSA) is 96.7 Å². The number of piperidine rings is 1. The monoisotopic (exact) mass is 551 g/mol. The standard InChI is InChI=1S/C28H34N5O3PS/c1-37(2,34)25-11-9-22(10-12-25)26-8-5-15-33-27(26)30-28(31-33)29-24-7-4-6-23(20-24)21-13-16-32(17-14-21)18-19-38(3,35)36/h4-12,15,20-21H,13-14,16-19H2,1-3H3,(H,29,31). The fraction of sp³-hybridized carbons (Fsp3) is 0.357. The highest BCUT2D eigenvalue weighted by molar-refractivity contribution is 7.90. The number of aromatic nitrogens is 3. The number of hydrogen-bond acceptors (Lipinski definition) is 7. The molecule has 0 bridgehead atoms. The second-order valence-corrected chi connectivity index (χ2v) is 16.0. The first-order valence-corrected chi connectivity index (χ1v) is 17.5.